The summed E-state index contributed by atoms with van der Waals surface area (Å²) in [5.74, 6) is -0.357. The van der Waals surface area contributed by atoms with Crippen molar-refractivity contribution < 1.29 is 23.1 Å². The minimum absolute atomic E-state index is 0.0685. The van der Waals surface area contributed by atoms with Crippen molar-refractivity contribution in [2.75, 3.05) is 5.32 Å². The molecule has 2 N–H and O–H groups in total. The van der Waals surface area contributed by atoms with Crippen molar-refractivity contribution in [3.8, 4) is 11.8 Å². The maximum atomic E-state index is 13.4. The van der Waals surface area contributed by atoms with Gasteiger partial charge in [0.1, 0.15) is 30.0 Å². The molecule has 0 aliphatic heterocycles. The summed E-state index contributed by atoms with van der Waals surface area (Å²) in [6.07, 6.45) is 0. The zero-order chi connectivity index (χ0) is 24.6. The first kappa shape index (κ1) is 23.3. The molecule has 4 aromatic rings. The van der Waals surface area contributed by atoms with Crippen LogP contribution in [0.25, 0.3) is 0 Å². The van der Waals surface area contributed by atoms with Crippen LogP contribution >= 0.6 is 0 Å². The van der Waals surface area contributed by atoms with Gasteiger partial charge in [-0.1, -0.05) is 30.3 Å². The van der Waals surface area contributed by atoms with Crippen molar-refractivity contribution in [3.05, 3.63) is 119 Å². The van der Waals surface area contributed by atoms with Gasteiger partial charge in [-0.2, -0.15) is 5.26 Å². The minimum Gasteiger partial charge on any atom is -0.484 e. The van der Waals surface area contributed by atoms with Crippen molar-refractivity contribution in [1.82, 2.24) is 5.32 Å². The van der Waals surface area contributed by atoms with E-state index in [9.17, 15) is 14.0 Å². The van der Waals surface area contributed by atoms with Gasteiger partial charge in [0.25, 0.3) is 11.8 Å². The Labute approximate surface area is 200 Å². The molecule has 0 aliphatic carbocycles. The smallest absolute Gasteiger partial charge is 0.287 e. The maximum absolute atomic E-state index is 13.4. The number of ether oxygens (including phenoxy) is 1. The Morgan fingerprint density at radius 1 is 0.943 bits per heavy atom. The third-order valence-electron chi connectivity index (χ3n) is 4.99. The Morgan fingerprint density at radius 2 is 1.77 bits per heavy atom. The van der Waals surface area contributed by atoms with Crippen LogP contribution in [0.4, 0.5) is 10.1 Å². The van der Waals surface area contributed by atoms with E-state index in [1.165, 1.54) is 18.2 Å². The first-order valence-corrected chi connectivity index (χ1v) is 10.7. The Morgan fingerprint density at radius 3 is 2.60 bits per heavy atom. The van der Waals surface area contributed by atoms with E-state index in [-0.39, 0.29) is 24.5 Å². The lowest BCUT2D eigenvalue weighted by Crippen LogP contribution is -2.22. The van der Waals surface area contributed by atoms with E-state index in [0.717, 1.165) is 11.6 Å². The largest absolute Gasteiger partial charge is 0.484 e. The SMILES string of the molecule is N#Cc1ccccc1OCc1ccc(C(=O)NCc2cccc(NC(=O)c3cccc(F)c3)c2)o1. The summed E-state index contributed by atoms with van der Waals surface area (Å²) in [5, 5.41) is 14.6. The normalized spacial score (nSPS) is 10.3. The predicted molar refractivity (Wildman–Crippen MR) is 126 cm³/mol. The van der Waals surface area contributed by atoms with Gasteiger partial charge in [0.05, 0.1) is 5.56 Å². The number of anilines is 1. The molecule has 0 saturated carbocycles. The summed E-state index contributed by atoms with van der Waals surface area (Å²) in [5.41, 5.74) is 1.88. The van der Waals surface area contributed by atoms with Crippen molar-refractivity contribution in [3.63, 3.8) is 0 Å². The zero-order valence-corrected chi connectivity index (χ0v) is 18.5. The highest BCUT2D eigenvalue weighted by Gasteiger charge is 2.13. The Bertz CT molecular complexity index is 1410. The molecule has 0 fully saturated rings. The third-order valence-corrected chi connectivity index (χ3v) is 4.99. The fraction of sp³-hybridized carbons (Fsp3) is 0.0741. The number of rotatable bonds is 8. The Balaban J connectivity index is 1.31. The van der Waals surface area contributed by atoms with Gasteiger partial charge in [-0.05, 0) is 60.2 Å². The third kappa shape index (κ3) is 6.12. The second kappa shape index (κ2) is 10.8. The average molecular weight is 469 g/mol. The van der Waals surface area contributed by atoms with Crippen LogP contribution < -0.4 is 15.4 Å². The van der Waals surface area contributed by atoms with Crippen molar-refractivity contribution >= 4 is 17.5 Å². The van der Waals surface area contributed by atoms with E-state index in [4.69, 9.17) is 14.4 Å². The van der Waals surface area contributed by atoms with Gasteiger partial charge < -0.3 is 19.8 Å². The highest BCUT2D eigenvalue weighted by molar-refractivity contribution is 6.04. The molecule has 3 aromatic carbocycles. The number of nitrogens with zero attached hydrogens (tertiary/aromatic N) is 1. The molecular weight excluding hydrogens is 449 g/mol. The molecule has 0 atom stereocenters. The Kier molecular flexibility index (Phi) is 7.19. The molecular formula is C27H20FN3O4. The number of hydrogen-bond acceptors (Lipinski definition) is 5. The second-order valence-corrected chi connectivity index (χ2v) is 7.51. The molecule has 0 radical (unpaired) electrons. The average Bonchev–Trinajstić information content (AvgIpc) is 3.35. The summed E-state index contributed by atoms with van der Waals surface area (Å²) in [6, 6.07) is 24.4. The molecule has 8 heteroatoms. The molecule has 0 aliphatic rings. The van der Waals surface area contributed by atoms with Crippen LogP contribution in [0.15, 0.2) is 89.3 Å². The number of carbonyl (C=O) groups excluding carboxylic acids is 2. The summed E-state index contributed by atoms with van der Waals surface area (Å²) < 4.78 is 24.5. The maximum Gasteiger partial charge on any atom is 0.287 e. The van der Waals surface area contributed by atoms with Gasteiger partial charge >= 0.3 is 0 Å². The van der Waals surface area contributed by atoms with Crippen molar-refractivity contribution in [2.45, 2.75) is 13.2 Å². The topological polar surface area (TPSA) is 104 Å². The van der Waals surface area contributed by atoms with E-state index >= 15 is 0 Å². The van der Waals surface area contributed by atoms with Crippen LogP contribution in [-0.2, 0) is 13.2 Å². The molecule has 0 saturated heterocycles. The molecule has 0 bridgehead atoms. The molecule has 1 aromatic heterocycles. The van der Waals surface area contributed by atoms with Crippen molar-refractivity contribution in [2.24, 2.45) is 0 Å². The number of benzene rings is 3. The molecule has 35 heavy (non-hydrogen) atoms. The summed E-state index contributed by atoms with van der Waals surface area (Å²) in [7, 11) is 0. The van der Waals surface area contributed by atoms with E-state index in [0.29, 0.717) is 22.8 Å². The molecule has 0 spiro atoms. The van der Waals surface area contributed by atoms with E-state index < -0.39 is 17.6 Å². The van der Waals surface area contributed by atoms with E-state index in [2.05, 4.69) is 16.7 Å². The van der Waals surface area contributed by atoms with Crippen LogP contribution in [0.5, 0.6) is 5.75 Å². The number of nitrogens with one attached hydrogen (secondary N) is 2. The zero-order valence-electron chi connectivity index (χ0n) is 18.5. The Hall–Kier alpha value is -4.90. The van der Waals surface area contributed by atoms with E-state index in [1.54, 1.807) is 60.7 Å². The van der Waals surface area contributed by atoms with Gasteiger partial charge in [-0.25, -0.2) is 4.39 Å². The number of nitriles is 1. The van der Waals surface area contributed by atoms with Gasteiger partial charge in [-0.15, -0.1) is 0 Å². The fourth-order valence-electron chi connectivity index (χ4n) is 3.27. The first-order valence-electron chi connectivity index (χ1n) is 10.7. The lowest BCUT2D eigenvalue weighted by atomic mass is 10.1. The van der Waals surface area contributed by atoms with Gasteiger partial charge in [-0.3, -0.25) is 9.59 Å². The standard InChI is InChI=1S/C27H20FN3O4/c28-21-8-4-7-19(14-21)26(32)31-22-9-3-5-18(13-22)16-30-27(33)25-12-11-23(35-25)17-34-24-10-2-1-6-20(24)15-29/h1-14H,16-17H2,(H,30,33)(H,31,32). The predicted octanol–water partition coefficient (Wildman–Crippen LogP) is 5.05. The molecule has 174 valence electrons. The fourth-order valence-corrected chi connectivity index (χ4v) is 3.27. The number of halogens is 1. The summed E-state index contributed by atoms with van der Waals surface area (Å²) in [6.45, 7) is 0.267. The van der Waals surface area contributed by atoms with Crippen LogP contribution in [0, 0.1) is 17.1 Å². The van der Waals surface area contributed by atoms with Crippen LogP contribution in [0.3, 0.4) is 0 Å². The van der Waals surface area contributed by atoms with Crippen LogP contribution in [0.2, 0.25) is 0 Å². The molecule has 1 heterocycles. The molecule has 7 nitrogen and oxygen atoms in total. The number of carbonyl (C=O) groups is 2. The van der Waals surface area contributed by atoms with Crippen LogP contribution in [-0.4, -0.2) is 11.8 Å². The molecule has 4 rings (SSSR count). The second-order valence-electron chi connectivity index (χ2n) is 7.51. The molecule has 2 amide bonds. The highest BCUT2D eigenvalue weighted by atomic mass is 19.1. The minimum atomic E-state index is -0.492. The van der Waals surface area contributed by atoms with Crippen LogP contribution in [0.1, 0.15) is 37.8 Å². The lowest BCUT2D eigenvalue weighted by molar-refractivity contribution is 0.0918. The van der Waals surface area contributed by atoms with Crippen molar-refractivity contribution in [1.29, 1.82) is 5.26 Å². The monoisotopic (exact) mass is 469 g/mol. The number of hydrogen-bond donors (Lipinski definition) is 2. The molecule has 0 unspecified atom stereocenters. The summed E-state index contributed by atoms with van der Waals surface area (Å²) >= 11 is 0. The van der Waals surface area contributed by atoms with Gasteiger partial charge in [0.2, 0.25) is 0 Å². The lowest BCUT2D eigenvalue weighted by Gasteiger charge is -2.08. The van der Waals surface area contributed by atoms with Gasteiger partial charge in [0, 0.05) is 17.8 Å². The number of furan rings is 1. The van der Waals surface area contributed by atoms with E-state index in [1.807, 2.05) is 0 Å². The summed E-state index contributed by atoms with van der Waals surface area (Å²) in [4.78, 5) is 24.8. The number of amides is 2. The quantitative estimate of drug-likeness (QED) is 0.376. The van der Waals surface area contributed by atoms with Gasteiger partial charge in [0.15, 0.2) is 5.76 Å². The first-order chi connectivity index (χ1) is 17.0. The highest BCUT2D eigenvalue weighted by Crippen LogP contribution is 2.19. The number of para-hydroxylation sites is 1.